The van der Waals surface area contributed by atoms with Crippen molar-refractivity contribution < 1.29 is 30.2 Å². The molecule has 2 aromatic carbocycles. The summed E-state index contributed by atoms with van der Waals surface area (Å²) in [6, 6.07) is 10.1. The zero-order valence-electron chi connectivity index (χ0n) is 28.4. The first-order valence-corrected chi connectivity index (χ1v) is 12.3. The van der Waals surface area contributed by atoms with Gasteiger partial charge in [0, 0.05) is 48.0 Å². The standard InChI is InChI=1S/C27H32N2O5S/c1-27(2,3)24-16-20(23-8-7-13-28-26(23)30)14-19(25(24)34-5)10-9-18-11-12-22(29-35(6,31)32)15-21(18)17-33-4/h7-16,29H,17H2,1-6H3,(H,28,30)/b10-9+/i1D3,2D3,3D3. The second kappa shape index (κ2) is 10.5. The first-order chi connectivity index (χ1) is 20.2. The van der Waals surface area contributed by atoms with E-state index in [9.17, 15) is 13.2 Å². The maximum absolute atomic E-state index is 12.8. The predicted molar refractivity (Wildman–Crippen MR) is 142 cm³/mol. The van der Waals surface area contributed by atoms with Crippen molar-refractivity contribution in [3.05, 3.63) is 81.3 Å². The van der Waals surface area contributed by atoms with Crippen LogP contribution in [0.3, 0.4) is 0 Å². The van der Waals surface area contributed by atoms with E-state index in [1.54, 1.807) is 18.2 Å². The summed E-state index contributed by atoms with van der Waals surface area (Å²) >= 11 is 0. The lowest BCUT2D eigenvalue weighted by molar-refractivity contribution is 0.185. The van der Waals surface area contributed by atoms with Crippen molar-refractivity contribution >= 4 is 27.9 Å². The third kappa shape index (κ3) is 6.61. The van der Waals surface area contributed by atoms with Gasteiger partial charge in [0.25, 0.3) is 5.56 Å². The molecule has 0 saturated carbocycles. The molecule has 0 aliphatic carbocycles. The first kappa shape index (κ1) is 16.3. The Bertz CT molecular complexity index is 1670. The lowest BCUT2D eigenvalue weighted by atomic mass is 9.83. The highest BCUT2D eigenvalue weighted by molar-refractivity contribution is 7.92. The van der Waals surface area contributed by atoms with Gasteiger partial charge >= 0.3 is 0 Å². The molecule has 0 aliphatic rings. The Labute approximate surface area is 219 Å². The first-order valence-electron chi connectivity index (χ1n) is 14.9. The molecule has 0 saturated heterocycles. The zero-order chi connectivity index (χ0) is 33.3. The SMILES string of the molecule is [2H]C([2H])([2H])C(c1cc(-c2ccc[nH]c2=O)cc(/C=C/c2ccc(NS(C)(=O)=O)cc2COC)c1OC)(C([2H])([2H])[2H])C([2H])([2H])[2H]. The summed E-state index contributed by atoms with van der Waals surface area (Å²) < 4.78 is 111. The monoisotopic (exact) mass is 505 g/mol. The molecule has 0 aliphatic heterocycles. The molecule has 186 valence electrons. The number of pyridine rings is 1. The molecule has 0 amide bonds. The lowest BCUT2D eigenvalue weighted by Gasteiger charge is -2.24. The number of H-pyrrole nitrogens is 1. The number of rotatable bonds is 8. The van der Waals surface area contributed by atoms with Gasteiger partial charge in [-0.25, -0.2) is 8.42 Å². The predicted octanol–water partition coefficient (Wildman–Crippen LogP) is 5.04. The van der Waals surface area contributed by atoms with Gasteiger partial charge < -0.3 is 14.5 Å². The largest absolute Gasteiger partial charge is 0.496 e. The average molecular weight is 506 g/mol. The summed E-state index contributed by atoms with van der Waals surface area (Å²) in [5.74, 6) is -0.329. The maximum Gasteiger partial charge on any atom is 0.255 e. The lowest BCUT2D eigenvalue weighted by Crippen LogP contribution is -2.15. The Morgan fingerprint density at radius 3 is 2.46 bits per heavy atom. The van der Waals surface area contributed by atoms with Crippen molar-refractivity contribution in [2.45, 2.75) is 32.6 Å². The van der Waals surface area contributed by atoms with Gasteiger partial charge in [0.15, 0.2) is 0 Å². The minimum absolute atomic E-state index is 0.0258. The highest BCUT2D eigenvalue weighted by Crippen LogP contribution is 2.38. The minimum Gasteiger partial charge on any atom is -0.496 e. The van der Waals surface area contributed by atoms with Crippen molar-refractivity contribution in [1.82, 2.24) is 4.98 Å². The third-order valence-corrected chi connectivity index (χ3v) is 5.65. The van der Waals surface area contributed by atoms with E-state index in [2.05, 4.69) is 9.71 Å². The van der Waals surface area contributed by atoms with Crippen LogP contribution in [0.4, 0.5) is 5.69 Å². The number of hydrogen-bond donors (Lipinski definition) is 2. The summed E-state index contributed by atoms with van der Waals surface area (Å²) in [6.45, 7) is -10.7. The topological polar surface area (TPSA) is 97.5 Å². The van der Waals surface area contributed by atoms with Crippen molar-refractivity contribution in [2.75, 3.05) is 25.2 Å². The second-order valence-electron chi connectivity index (χ2n) is 7.86. The van der Waals surface area contributed by atoms with Gasteiger partial charge in [-0.2, -0.15) is 0 Å². The molecular weight excluding hydrogens is 464 g/mol. The molecular formula is C27H32N2O5S. The number of methoxy groups -OCH3 is 2. The van der Waals surface area contributed by atoms with Crippen LogP contribution in [0.25, 0.3) is 23.3 Å². The Balaban J connectivity index is 2.45. The molecule has 2 N–H and O–H groups in total. The molecule has 0 bridgehead atoms. The molecule has 35 heavy (non-hydrogen) atoms. The molecule has 0 radical (unpaired) electrons. The van der Waals surface area contributed by atoms with E-state index < -0.39 is 47.1 Å². The van der Waals surface area contributed by atoms with Gasteiger partial charge in [-0.1, -0.05) is 38.8 Å². The quantitative estimate of drug-likeness (QED) is 0.418. The molecule has 8 heteroatoms. The molecule has 0 spiro atoms. The van der Waals surface area contributed by atoms with Crippen LogP contribution in [0, 0.1) is 0 Å². The van der Waals surface area contributed by atoms with E-state index in [1.807, 2.05) is 0 Å². The van der Waals surface area contributed by atoms with Crippen LogP contribution in [-0.2, 0) is 26.8 Å². The molecule has 0 atom stereocenters. The fraction of sp³-hybridized carbons (Fsp3) is 0.296. The van der Waals surface area contributed by atoms with Gasteiger partial charge in [0.2, 0.25) is 10.0 Å². The zero-order valence-corrected chi connectivity index (χ0v) is 20.2. The van der Waals surface area contributed by atoms with E-state index >= 15 is 0 Å². The summed E-state index contributed by atoms with van der Waals surface area (Å²) in [5, 5.41) is 0. The fourth-order valence-corrected chi connectivity index (χ4v) is 4.15. The summed E-state index contributed by atoms with van der Waals surface area (Å²) in [6.07, 6.45) is 5.38. The van der Waals surface area contributed by atoms with Crippen molar-refractivity contribution in [2.24, 2.45) is 0 Å². The van der Waals surface area contributed by atoms with E-state index in [4.69, 9.17) is 21.8 Å². The highest BCUT2D eigenvalue weighted by atomic mass is 32.2. The average Bonchev–Trinajstić information content (AvgIpc) is 2.85. The summed E-state index contributed by atoms with van der Waals surface area (Å²) in [7, 11) is -0.975. The summed E-state index contributed by atoms with van der Waals surface area (Å²) in [5.41, 5.74) is -3.14. The smallest absolute Gasteiger partial charge is 0.255 e. The fourth-order valence-electron chi connectivity index (χ4n) is 3.59. The Morgan fingerprint density at radius 1 is 1.09 bits per heavy atom. The minimum atomic E-state index is -3.59. The molecule has 1 aromatic heterocycles. The van der Waals surface area contributed by atoms with Gasteiger partial charge in [-0.15, -0.1) is 0 Å². The second-order valence-corrected chi connectivity index (χ2v) is 9.61. The van der Waals surface area contributed by atoms with Gasteiger partial charge in [0.1, 0.15) is 5.75 Å². The van der Waals surface area contributed by atoms with Crippen molar-refractivity contribution in [3.63, 3.8) is 0 Å². The number of sulfonamides is 1. The molecule has 0 fully saturated rings. The normalized spacial score (nSPS) is 17.1. The molecule has 3 rings (SSSR count). The van der Waals surface area contributed by atoms with Crippen LogP contribution in [0.1, 0.15) is 55.1 Å². The van der Waals surface area contributed by atoms with Gasteiger partial charge in [0.05, 0.1) is 20.0 Å². The number of ether oxygens (including phenoxy) is 2. The van der Waals surface area contributed by atoms with E-state index in [0.717, 1.165) is 19.4 Å². The molecule has 1 heterocycles. The van der Waals surface area contributed by atoms with Crippen molar-refractivity contribution in [3.8, 4) is 16.9 Å². The Morgan fingerprint density at radius 2 is 1.83 bits per heavy atom. The number of benzene rings is 2. The van der Waals surface area contributed by atoms with E-state index in [-0.39, 0.29) is 34.7 Å². The van der Waals surface area contributed by atoms with Crippen LogP contribution in [0.2, 0.25) is 0 Å². The van der Waals surface area contributed by atoms with E-state index in [1.165, 1.54) is 43.6 Å². The third-order valence-electron chi connectivity index (χ3n) is 5.04. The number of hydrogen-bond acceptors (Lipinski definition) is 5. The van der Waals surface area contributed by atoms with Crippen LogP contribution < -0.4 is 15.0 Å². The van der Waals surface area contributed by atoms with Crippen LogP contribution in [-0.4, -0.2) is 33.9 Å². The van der Waals surface area contributed by atoms with Crippen LogP contribution >= 0.6 is 0 Å². The molecule has 3 aromatic rings. The van der Waals surface area contributed by atoms with Crippen molar-refractivity contribution in [1.29, 1.82) is 0 Å². The Kier molecular flexibility index (Phi) is 4.90. The maximum atomic E-state index is 12.8. The van der Waals surface area contributed by atoms with Gasteiger partial charge in [-0.3, -0.25) is 9.52 Å². The van der Waals surface area contributed by atoms with Crippen LogP contribution in [0.5, 0.6) is 5.75 Å². The molecule has 7 nitrogen and oxygen atoms in total. The number of anilines is 1. The van der Waals surface area contributed by atoms with Crippen LogP contribution in [0.15, 0.2) is 53.5 Å². The highest BCUT2D eigenvalue weighted by Gasteiger charge is 2.22. The number of aromatic amines is 1. The molecule has 0 unspecified atom stereocenters. The van der Waals surface area contributed by atoms with E-state index in [0.29, 0.717) is 11.1 Å². The Hall–Kier alpha value is -3.36. The number of aromatic nitrogens is 1. The van der Waals surface area contributed by atoms with Gasteiger partial charge in [-0.05, 0) is 58.5 Å². The number of nitrogens with one attached hydrogen (secondary N) is 2. The summed E-state index contributed by atoms with van der Waals surface area (Å²) in [4.78, 5) is 15.3.